The first-order valence-corrected chi connectivity index (χ1v) is 4.58. The van der Waals surface area contributed by atoms with Crippen LogP contribution >= 0.6 is 15.9 Å². The second-order valence-corrected chi connectivity index (χ2v) is 3.57. The smallest absolute Gasteiger partial charge is 0.221 e. The number of hydrogen-bond donors (Lipinski definition) is 2. The standard InChI is InChI=1S/C9H8BrNO3.H3N/c1-5(12)11-8-3-2-6(10)4-7(8)9(13)14;/h2-4H,1H3,(H,11,12)(H,13,14);1H3. The van der Waals surface area contributed by atoms with Crippen LogP contribution in [0.1, 0.15) is 17.3 Å². The number of aromatic carboxylic acids is 1. The van der Waals surface area contributed by atoms with Gasteiger partial charge in [-0.1, -0.05) is 15.9 Å². The lowest BCUT2D eigenvalue weighted by Crippen LogP contribution is -2.24. The van der Waals surface area contributed by atoms with Crippen LogP contribution in [0.25, 0.3) is 0 Å². The van der Waals surface area contributed by atoms with Gasteiger partial charge in [-0.05, 0) is 18.2 Å². The maximum atomic E-state index is 10.7. The Balaban J connectivity index is 0.00000196. The molecule has 6 heteroatoms. The molecule has 0 aliphatic heterocycles. The monoisotopic (exact) mass is 274 g/mol. The lowest BCUT2D eigenvalue weighted by atomic mass is 10.2. The van der Waals surface area contributed by atoms with E-state index in [2.05, 4.69) is 21.2 Å². The van der Waals surface area contributed by atoms with E-state index in [4.69, 9.17) is 0 Å². The Morgan fingerprint density at radius 3 is 2.47 bits per heavy atom. The van der Waals surface area contributed by atoms with Gasteiger partial charge in [0.05, 0.1) is 5.97 Å². The molecular formula is C9H11BrN2O3. The number of halogens is 1. The number of carboxylic acid groups (broad SMARTS) is 1. The SMILES string of the molecule is CC(=O)Nc1ccc(Br)cc1C(=O)[O-].[NH4+]. The van der Waals surface area contributed by atoms with Gasteiger partial charge in [0.15, 0.2) is 0 Å². The molecular weight excluding hydrogens is 264 g/mol. The molecule has 0 aromatic heterocycles. The van der Waals surface area contributed by atoms with Crippen LogP contribution in [0, 0.1) is 0 Å². The van der Waals surface area contributed by atoms with Crippen LogP contribution < -0.4 is 16.6 Å². The van der Waals surface area contributed by atoms with E-state index >= 15 is 0 Å². The first-order valence-electron chi connectivity index (χ1n) is 3.79. The zero-order valence-electron chi connectivity index (χ0n) is 8.33. The first-order chi connectivity index (χ1) is 6.50. The normalized spacial score (nSPS) is 8.93. The average molecular weight is 275 g/mol. The van der Waals surface area contributed by atoms with Crippen LogP contribution in [-0.2, 0) is 4.79 Å². The third-order valence-corrected chi connectivity index (χ3v) is 2.01. The molecule has 0 saturated carbocycles. The minimum absolute atomic E-state index is 0. The maximum Gasteiger partial charge on any atom is 0.221 e. The van der Waals surface area contributed by atoms with E-state index in [9.17, 15) is 14.7 Å². The predicted octanol–water partition coefficient (Wildman–Crippen LogP) is 1.15. The van der Waals surface area contributed by atoms with Crippen molar-refractivity contribution in [2.45, 2.75) is 6.92 Å². The molecule has 1 aromatic carbocycles. The number of carboxylic acids is 1. The molecule has 82 valence electrons. The number of quaternary nitrogens is 1. The number of hydrogen-bond acceptors (Lipinski definition) is 3. The summed E-state index contributed by atoms with van der Waals surface area (Å²) in [6, 6.07) is 4.51. The number of amides is 1. The molecule has 0 spiro atoms. The van der Waals surface area contributed by atoms with Crippen LogP contribution in [0.4, 0.5) is 5.69 Å². The maximum absolute atomic E-state index is 10.7. The highest BCUT2D eigenvalue weighted by molar-refractivity contribution is 9.10. The van der Waals surface area contributed by atoms with E-state index in [1.54, 1.807) is 6.07 Å². The molecule has 5 nitrogen and oxygen atoms in total. The van der Waals surface area contributed by atoms with Crippen LogP contribution in [0.2, 0.25) is 0 Å². The van der Waals surface area contributed by atoms with Gasteiger partial charge in [-0.25, -0.2) is 0 Å². The summed E-state index contributed by atoms with van der Waals surface area (Å²) >= 11 is 3.13. The summed E-state index contributed by atoms with van der Waals surface area (Å²) in [6.45, 7) is 1.31. The molecule has 1 rings (SSSR count). The highest BCUT2D eigenvalue weighted by Crippen LogP contribution is 2.20. The minimum Gasteiger partial charge on any atom is -0.545 e. The lowest BCUT2D eigenvalue weighted by Gasteiger charge is -2.10. The Labute approximate surface area is 95.2 Å². The third-order valence-electron chi connectivity index (χ3n) is 1.51. The van der Waals surface area contributed by atoms with Gasteiger partial charge in [0, 0.05) is 22.6 Å². The van der Waals surface area contributed by atoms with Crippen molar-refractivity contribution in [1.29, 1.82) is 0 Å². The molecule has 0 atom stereocenters. The van der Waals surface area contributed by atoms with Gasteiger partial charge in [0.1, 0.15) is 0 Å². The van der Waals surface area contributed by atoms with Gasteiger partial charge in [0.2, 0.25) is 5.91 Å². The number of carbonyl (C=O) groups is 2. The summed E-state index contributed by atoms with van der Waals surface area (Å²) in [4.78, 5) is 21.4. The van der Waals surface area contributed by atoms with E-state index in [1.807, 2.05) is 0 Å². The molecule has 0 heterocycles. The van der Waals surface area contributed by atoms with E-state index in [1.165, 1.54) is 19.1 Å². The number of anilines is 1. The van der Waals surface area contributed by atoms with Gasteiger partial charge in [-0.15, -0.1) is 0 Å². The van der Waals surface area contributed by atoms with Crippen LogP contribution in [0.3, 0.4) is 0 Å². The van der Waals surface area contributed by atoms with Gasteiger partial charge in [-0.3, -0.25) is 4.79 Å². The van der Waals surface area contributed by atoms with Crippen molar-refractivity contribution in [3.05, 3.63) is 28.2 Å². The molecule has 15 heavy (non-hydrogen) atoms. The minimum atomic E-state index is -1.32. The second-order valence-electron chi connectivity index (χ2n) is 2.66. The average Bonchev–Trinajstić information content (AvgIpc) is 2.07. The van der Waals surface area contributed by atoms with E-state index < -0.39 is 5.97 Å². The van der Waals surface area contributed by atoms with Gasteiger partial charge in [-0.2, -0.15) is 0 Å². The highest BCUT2D eigenvalue weighted by Gasteiger charge is 2.05. The second kappa shape index (κ2) is 5.47. The van der Waals surface area contributed by atoms with Crippen molar-refractivity contribution in [1.82, 2.24) is 6.15 Å². The molecule has 0 aliphatic carbocycles. The van der Waals surface area contributed by atoms with E-state index in [-0.39, 0.29) is 23.3 Å². The Kier molecular flexibility index (Phi) is 4.96. The van der Waals surface area contributed by atoms with Crippen LogP contribution in [0.15, 0.2) is 22.7 Å². The summed E-state index contributed by atoms with van der Waals surface area (Å²) in [7, 11) is 0. The van der Waals surface area contributed by atoms with Crippen molar-refractivity contribution in [2.75, 3.05) is 5.32 Å². The fraction of sp³-hybridized carbons (Fsp3) is 0.111. The lowest BCUT2D eigenvalue weighted by molar-refractivity contribution is -0.254. The molecule has 0 unspecified atom stereocenters. The number of benzene rings is 1. The summed E-state index contributed by atoms with van der Waals surface area (Å²) in [5.74, 6) is -1.65. The molecule has 0 bridgehead atoms. The topological polar surface area (TPSA) is 106 Å². The Hall–Kier alpha value is -1.40. The molecule has 5 N–H and O–H groups in total. The first kappa shape index (κ1) is 13.6. The summed E-state index contributed by atoms with van der Waals surface area (Å²) in [5, 5.41) is 13.1. The zero-order valence-corrected chi connectivity index (χ0v) is 9.92. The van der Waals surface area contributed by atoms with Crippen LogP contribution in [-0.4, -0.2) is 11.9 Å². The predicted molar refractivity (Wildman–Crippen MR) is 58.8 cm³/mol. The summed E-state index contributed by atoms with van der Waals surface area (Å²) in [5.41, 5.74) is 0.190. The van der Waals surface area contributed by atoms with Crippen molar-refractivity contribution in [3.63, 3.8) is 0 Å². The zero-order chi connectivity index (χ0) is 10.7. The van der Waals surface area contributed by atoms with Crippen LogP contribution in [0.5, 0.6) is 0 Å². The molecule has 1 amide bonds. The van der Waals surface area contributed by atoms with Gasteiger partial charge in [0.25, 0.3) is 0 Å². The van der Waals surface area contributed by atoms with Gasteiger partial charge >= 0.3 is 0 Å². The largest absolute Gasteiger partial charge is 0.545 e. The van der Waals surface area contributed by atoms with Gasteiger partial charge < -0.3 is 21.4 Å². The quantitative estimate of drug-likeness (QED) is 0.845. The Morgan fingerprint density at radius 1 is 1.40 bits per heavy atom. The molecule has 0 radical (unpaired) electrons. The summed E-state index contributed by atoms with van der Waals surface area (Å²) in [6.07, 6.45) is 0. The van der Waals surface area contributed by atoms with Crippen molar-refractivity contribution < 1.29 is 14.7 Å². The fourth-order valence-corrected chi connectivity index (χ4v) is 1.35. The number of nitrogens with one attached hydrogen (secondary N) is 1. The van der Waals surface area contributed by atoms with Crippen molar-refractivity contribution in [2.24, 2.45) is 0 Å². The highest BCUT2D eigenvalue weighted by atomic mass is 79.9. The van der Waals surface area contributed by atoms with Crippen molar-refractivity contribution >= 4 is 33.5 Å². The third kappa shape index (κ3) is 3.69. The molecule has 0 fully saturated rings. The number of rotatable bonds is 2. The van der Waals surface area contributed by atoms with E-state index in [0.29, 0.717) is 4.47 Å². The summed E-state index contributed by atoms with van der Waals surface area (Å²) < 4.78 is 0.616. The Bertz CT molecular complexity index is 393. The molecule has 1 aromatic rings. The molecule has 0 saturated heterocycles. The molecule has 0 aliphatic rings. The van der Waals surface area contributed by atoms with E-state index in [0.717, 1.165) is 0 Å². The fourth-order valence-electron chi connectivity index (χ4n) is 0.984. The Morgan fingerprint density at radius 2 is 2.00 bits per heavy atom. The van der Waals surface area contributed by atoms with Crippen molar-refractivity contribution in [3.8, 4) is 0 Å². The number of carbonyl (C=O) groups excluding carboxylic acids is 2.